The molecule has 5 nitrogen and oxygen atoms in total. The molecule has 0 radical (unpaired) electrons. The van der Waals surface area contributed by atoms with E-state index >= 15 is 0 Å². The Balaban J connectivity index is 1.91. The van der Waals surface area contributed by atoms with Gasteiger partial charge in [0.2, 0.25) is 0 Å². The maximum Gasteiger partial charge on any atom is 0.256 e. The fourth-order valence-corrected chi connectivity index (χ4v) is 2.00. The quantitative estimate of drug-likeness (QED) is 0.786. The van der Waals surface area contributed by atoms with E-state index in [9.17, 15) is 9.90 Å². The lowest BCUT2D eigenvalue weighted by molar-refractivity contribution is 0.0866. The second-order valence-corrected chi connectivity index (χ2v) is 4.27. The van der Waals surface area contributed by atoms with E-state index in [2.05, 4.69) is 10.5 Å². The molecule has 1 saturated carbocycles. The van der Waals surface area contributed by atoms with Crippen LogP contribution < -0.4 is 5.32 Å². The summed E-state index contributed by atoms with van der Waals surface area (Å²) in [5.41, 5.74) is 0.492. The van der Waals surface area contributed by atoms with Crippen molar-refractivity contribution >= 4 is 5.91 Å². The summed E-state index contributed by atoms with van der Waals surface area (Å²) < 4.78 is 4.84. The zero-order valence-electron chi connectivity index (χ0n) is 9.27. The Morgan fingerprint density at radius 1 is 1.50 bits per heavy atom. The molecule has 2 rings (SSSR count). The fourth-order valence-electron chi connectivity index (χ4n) is 2.00. The SMILES string of the molecule is Cc1oncc1C(=O)NC1CCC(O)CC1. The van der Waals surface area contributed by atoms with Crippen LogP contribution in [-0.2, 0) is 0 Å². The Morgan fingerprint density at radius 2 is 2.19 bits per heavy atom. The summed E-state index contributed by atoms with van der Waals surface area (Å²) in [5, 5.41) is 15.9. The van der Waals surface area contributed by atoms with E-state index in [4.69, 9.17) is 4.52 Å². The number of aromatic nitrogens is 1. The summed E-state index contributed by atoms with van der Waals surface area (Å²) in [7, 11) is 0. The van der Waals surface area contributed by atoms with Crippen LogP contribution in [0.25, 0.3) is 0 Å². The van der Waals surface area contributed by atoms with Crippen LogP contribution in [0.15, 0.2) is 10.7 Å². The molecule has 1 heterocycles. The van der Waals surface area contributed by atoms with E-state index in [0.29, 0.717) is 11.3 Å². The lowest BCUT2D eigenvalue weighted by Crippen LogP contribution is -2.38. The minimum absolute atomic E-state index is 0.139. The monoisotopic (exact) mass is 224 g/mol. The van der Waals surface area contributed by atoms with Crippen LogP contribution in [-0.4, -0.2) is 28.3 Å². The van der Waals surface area contributed by atoms with E-state index in [1.54, 1.807) is 6.92 Å². The van der Waals surface area contributed by atoms with Gasteiger partial charge in [-0.05, 0) is 32.6 Å². The molecule has 5 heteroatoms. The second kappa shape index (κ2) is 4.65. The Labute approximate surface area is 93.8 Å². The van der Waals surface area contributed by atoms with E-state index in [1.807, 2.05) is 0 Å². The molecule has 1 aromatic rings. The Kier molecular flexibility index (Phi) is 3.24. The van der Waals surface area contributed by atoms with Gasteiger partial charge in [0.25, 0.3) is 5.91 Å². The van der Waals surface area contributed by atoms with Crippen LogP contribution in [0.4, 0.5) is 0 Å². The number of carbonyl (C=O) groups excluding carboxylic acids is 1. The number of nitrogens with one attached hydrogen (secondary N) is 1. The van der Waals surface area contributed by atoms with Crippen LogP contribution in [0.3, 0.4) is 0 Å². The molecule has 88 valence electrons. The predicted molar refractivity (Wildman–Crippen MR) is 57.0 cm³/mol. The van der Waals surface area contributed by atoms with Gasteiger partial charge in [-0.3, -0.25) is 4.79 Å². The summed E-state index contributed by atoms with van der Waals surface area (Å²) in [6, 6.07) is 0.158. The van der Waals surface area contributed by atoms with Gasteiger partial charge in [-0.1, -0.05) is 5.16 Å². The summed E-state index contributed by atoms with van der Waals surface area (Å²) in [4.78, 5) is 11.8. The van der Waals surface area contributed by atoms with Gasteiger partial charge in [-0.2, -0.15) is 0 Å². The minimum Gasteiger partial charge on any atom is -0.393 e. The molecule has 0 bridgehead atoms. The van der Waals surface area contributed by atoms with Gasteiger partial charge in [0.15, 0.2) is 0 Å². The lowest BCUT2D eigenvalue weighted by Gasteiger charge is -2.25. The van der Waals surface area contributed by atoms with Crippen LogP contribution in [0, 0.1) is 6.92 Å². The highest BCUT2D eigenvalue weighted by molar-refractivity contribution is 5.94. The first-order chi connectivity index (χ1) is 7.66. The third-order valence-corrected chi connectivity index (χ3v) is 3.03. The third kappa shape index (κ3) is 2.41. The first-order valence-corrected chi connectivity index (χ1v) is 5.57. The van der Waals surface area contributed by atoms with Crippen molar-refractivity contribution in [3.8, 4) is 0 Å². The van der Waals surface area contributed by atoms with Crippen LogP contribution in [0.2, 0.25) is 0 Å². The molecule has 0 aromatic carbocycles. The first kappa shape index (κ1) is 11.1. The molecule has 0 spiro atoms. The van der Waals surface area contributed by atoms with Crippen molar-refractivity contribution in [3.05, 3.63) is 17.5 Å². The Morgan fingerprint density at radius 3 is 2.75 bits per heavy atom. The molecular weight excluding hydrogens is 208 g/mol. The molecule has 1 fully saturated rings. The summed E-state index contributed by atoms with van der Waals surface area (Å²) >= 11 is 0. The van der Waals surface area contributed by atoms with Crippen molar-refractivity contribution in [1.29, 1.82) is 0 Å². The number of aliphatic hydroxyl groups is 1. The van der Waals surface area contributed by atoms with Gasteiger partial charge in [0, 0.05) is 6.04 Å². The number of nitrogens with zero attached hydrogens (tertiary/aromatic N) is 1. The second-order valence-electron chi connectivity index (χ2n) is 4.27. The fraction of sp³-hybridized carbons (Fsp3) is 0.636. The summed E-state index contributed by atoms with van der Waals surface area (Å²) in [6.07, 6.45) is 4.41. The molecule has 0 aliphatic heterocycles. The van der Waals surface area contributed by atoms with Gasteiger partial charge in [0.05, 0.1) is 12.3 Å². The number of hydrogen-bond donors (Lipinski definition) is 2. The van der Waals surface area contributed by atoms with Crippen molar-refractivity contribution in [2.45, 2.75) is 44.8 Å². The highest BCUT2D eigenvalue weighted by Gasteiger charge is 2.22. The molecule has 2 N–H and O–H groups in total. The average molecular weight is 224 g/mol. The maximum absolute atomic E-state index is 11.8. The van der Waals surface area contributed by atoms with E-state index < -0.39 is 0 Å². The van der Waals surface area contributed by atoms with Crippen LogP contribution in [0.5, 0.6) is 0 Å². The topological polar surface area (TPSA) is 75.4 Å². The van der Waals surface area contributed by atoms with Gasteiger partial charge in [0.1, 0.15) is 11.3 Å². The lowest BCUT2D eigenvalue weighted by atomic mass is 9.93. The normalized spacial score (nSPS) is 25.4. The maximum atomic E-state index is 11.8. The zero-order chi connectivity index (χ0) is 11.5. The largest absolute Gasteiger partial charge is 0.393 e. The average Bonchev–Trinajstić information content (AvgIpc) is 2.68. The minimum atomic E-state index is -0.203. The predicted octanol–water partition coefficient (Wildman–Crippen LogP) is 1.02. The number of rotatable bonds is 2. The smallest absolute Gasteiger partial charge is 0.256 e. The van der Waals surface area contributed by atoms with E-state index in [0.717, 1.165) is 25.7 Å². The molecule has 0 atom stereocenters. The zero-order valence-corrected chi connectivity index (χ0v) is 9.27. The molecule has 1 aromatic heterocycles. The van der Waals surface area contributed by atoms with Crippen molar-refractivity contribution in [2.75, 3.05) is 0 Å². The Hall–Kier alpha value is -1.36. The van der Waals surface area contributed by atoms with Crippen molar-refractivity contribution in [3.63, 3.8) is 0 Å². The van der Waals surface area contributed by atoms with Gasteiger partial charge in [-0.15, -0.1) is 0 Å². The molecule has 1 amide bonds. The number of carbonyl (C=O) groups is 1. The van der Waals surface area contributed by atoms with Gasteiger partial charge >= 0.3 is 0 Å². The Bertz CT molecular complexity index is 367. The molecule has 1 aliphatic rings. The molecule has 16 heavy (non-hydrogen) atoms. The summed E-state index contributed by atoms with van der Waals surface area (Å²) in [5.74, 6) is 0.397. The highest BCUT2D eigenvalue weighted by Crippen LogP contribution is 2.19. The van der Waals surface area contributed by atoms with Crippen molar-refractivity contribution < 1.29 is 14.4 Å². The number of hydrogen-bond acceptors (Lipinski definition) is 4. The number of aryl methyl sites for hydroxylation is 1. The highest BCUT2D eigenvalue weighted by atomic mass is 16.5. The van der Waals surface area contributed by atoms with E-state index in [1.165, 1.54) is 6.20 Å². The van der Waals surface area contributed by atoms with Crippen molar-refractivity contribution in [1.82, 2.24) is 10.5 Å². The molecule has 0 saturated heterocycles. The first-order valence-electron chi connectivity index (χ1n) is 5.57. The number of aliphatic hydroxyl groups excluding tert-OH is 1. The van der Waals surface area contributed by atoms with E-state index in [-0.39, 0.29) is 18.1 Å². The molecular formula is C11H16N2O3. The molecule has 0 unspecified atom stereocenters. The third-order valence-electron chi connectivity index (χ3n) is 3.03. The van der Waals surface area contributed by atoms with Crippen LogP contribution >= 0.6 is 0 Å². The molecule has 1 aliphatic carbocycles. The van der Waals surface area contributed by atoms with Gasteiger partial charge < -0.3 is 14.9 Å². The van der Waals surface area contributed by atoms with Crippen molar-refractivity contribution in [2.24, 2.45) is 0 Å². The standard InChI is InChI=1S/C11H16N2O3/c1-7-10(6-12-16-7)11(15)13-8-2-4-9(14)5-3-8/h6,8-9,14H,2-5H2,1H3,(H,13,15). The van der Waals surface area contributed by atoms with Crippen LogP contribution in [0.1, 0.15) is 41.8 Å². The number of amides is 1. The summed E-state index contributed by atoms with van der Waals surface area (Å²) in [6.45, 7) is 1.71. The van der Waals surface area contributed by atoms with Gasteiger partial charge in [-0.25, -0.2) is 0 Å².